The Bertz CT molecular complexity index is 1020. The van der Waals surface area contributed by atoms with Gasteiger partial charge in [-0.2, -0.15) is 0 Å². The van der Waals surface area contributed by atoms with Crippen LogP contribution < -0.4 is 14.8 Å². The lowest BCUT2D eigenvalue weighted by atomic mass is 10.2. The second-order valence-corrected chi connectivity index (χ2v) is 7.12. The van der Waals surface area contributed by atoms with Gasteiger partial charge >= 0.3 is 0 Å². The number of rotatable bonds is 9. The average Bonchev–Trinajstić information content (AvgIpc) is 2.75. The Hall–Kier alpha value is -3.19. The van der Waals surface area contributed by atoms with Gasteiger partial charge in [0.05, 0.1) is 19.7 Å². The van der Waals surface area contributed by atoms with Gasteiger partial charge in [-0.25, -0.2) is 14.4 Å². The van der Waals surface area contributed by atoms with Crippen molar-refractivity contribution >= 4 is 28.9 Å². The first kappa shape index (κ1) is 21.5. The minimum Gasteiger partial charge on any atom is -0.493 e. The smallest absolute Gasteiger partial charge is 0.162 e. The molecule has 0 bridgehead atoms. The molecule has 3 rings (SSSR count). The summed E-state index contributed by atoms with van der Waals surface area (Å²) < 4.78 is 24.0. The molecule has 6 nitrogen and oxygen atoms in total. The van der Waals surface area contributed by atoms with Crippen molar-refractivity contribution < 1.29 is 13.9 Å². The Kier molecular flexibility index (Phi) is 7.19. The molecule has 0 aliphatic carbocycles. The summed E-state index contributed by atoms with van der Waals surface area (Å²) in [5.41, 5.74) is 1.62. The summed E-state index contributed by atoms with van der Waals surface area (Å²) in [5, 5.41) is 4.28. The molecule has 0 saturated carbocycles. The minimum atomic E-state index is -0.264. The lowest BCUT2D eigenvalue weighted by molar-refractivity contribution is 0.356. The van der Waals surface area contributed by atoms with Crippen molar-refractivity contribution in [2.75, 3.05) is 46.7 Å². The summed E-state index contributed by atoms with van der Waals surface area (Å²) in [6.07, 6.45) is 4.65. The van der Waals surface area contributed by atoms with Gasteiger partial charge in [-0.3, -0.25) is 0 Å². The van der Waals surface area contributed by atoms with Crippen LogP contribution >= 0.6 is 0 Å². The van der Waals surface area contributed by atoms with E-state index in [1.807, 2.05) is 24.3 Å². The molecular weight excluding hydrogens is 383 g/mol. The predicted molar refractivity (Wildman–Crippen MR) is 120 cm³/mol. The Morgan fingerprint density at radius 3 is 2.37 bits per heavy atom. The van der Waals surface area contributed by atoms with E-state index in [4.69, 9.17) is 9.47 Å². The maximum atomic E-state index is 13.1. The van der Waals surface area contributed by atoms with Crippen LogP contribution in [0.5, 0.6) is 11.5 Å². The van der Waals surface area contributed by atoms with Gasteiger partial charge in [0.1, 0.15) is 11.6 Å². The average molecular weight is 410 g/mol. The highest BCUT2D eigenvalue weighted by atomic mass is 19.1. The van der Waals surface area contributed by atoms with Crippen LogP contribution in [0, 0.1) is 5.82 Å². The second-order valence-electron chi connectivity index (χ2n) is 7.12. The number of nitrogens with zero attached hydrogens (tertiary/aromatic N) is 3. The summed E-state index contributed by atoms with van der Waals surface area (Å²) in [6.45, 7) is 1.75. The number of hydrogen-bond acceptors (Lipinski definition) is 6. The van der Waals surface area contributed by atoms with E-state index in [0.717, 1.165) is 41.8 Å². The first-order valence-electron chi connectivity index (χ1n) is 9.76. The third kappa shape index (κ3) is 5.45. The fourth-order valence-electron chi connectivity index (χ4n) is 3.03. The van der Waals surface area contributed by atoms with Crippen molar-refractivity contribution in [2.24, 2.45) is 0 Å². The van der Waals surface area contributed by atoms with Crippen LogP contribution in [0.3, 0.4) is 0 Å². The summed E-state index contributed by atoms with van der Waals surface area (Å²) in [5.74, 6) is 2.25. The number of benzene rings is 2. The molecule has 0 saturated heterocycles. The fourth-order valence-corrected chi connectivity index (χ4v) is 3.03. The zero-order valence-corrected chi connectivity index (χ0v) is 17.8. The highest BCUT2D eigenvalue weighted by Crippen LogP contribution is 2.34. The third-order valence-electron chi connectivity index (χ3n) is 4.59. The number of anilines is 1. The van der Waals surface area contributed by atoms with Crippen LogP contribution in [0.15, 0.2) is 36.4 Å². The van der Waals surface area contributed by atoms with Crippen LogP contribution in [0.2, 0.25) is 0 Å². The Labute approximate surface area is 176 Å². The largest absolute Gasteiger partial charge is 0.493 e. The first-order chi connectivity index (χ1) is 14.5. The highest BCUT2D eigenvalue weighted by molar-refractivity contribution is 5.92. The number of halogens is 1. The Balaban J connectivity index is 1.96. The number of aromatic nitrogens is 2. The van der Waals surface area contributed by atoms with Gasteiger partial charge in [-0.1, -0.05) is 18.2 Å². The number of methoxy groups -OCH3 is 2. The first-order valence-corrected chi connectivity index (χ1v) is 9.76. The molecular formula is C23H27FN4O2. The summed E-state index contributed by atoms with van der Waals surface area (Å²) in [4.78, 5) is 11.5. The molecule has 0 radical (unpaired) electrons. The van der Waals surface area contributed by atoms with Crippen LogP contribution in [0.4, 0.5) is 10.2 Å². The van der Waals surface area contributed by atoms with E-state index in [2.05, 4.69) is 34.3 Å². The molecule has 0 unspecified atom stereocenters. The van der Waals surface area contributed by atoms with Gasteiger partial charge in [-0.15, -0.1) is 0 Å². The number of fused-ring (bicyclic) bond motifs is 1. The molecule has 0 aliphatic rings. The van der Waals surface area contributed by atoms with Crippen LogP contribution in [0.25, 0.3) is 23.1 Å². The van der Waals surface area contributed by atoms with Crippen molar-refractivity contribution in [3.05, 3.63) is 53.6 Å². The van der Waals surface area contributed by atoms with Gasteiger partial charge in [0.25, 0.3) is 0 Å². The van der Waals surface area contributed by atoms with E-state index < -0.39 is 0 Å². The molecule has 3 aromatic rings. The standard InChI is InChI=1S/C23H27FN4O2/c1-28(2)13-5-12-25-23-18-14-20(29-3)21(30-4)15-19(18)26-22(27-23)11-8-16-6-9-17(24)10-7-16/h6-11,14-15H,5,12-13H2,1-4H3,(H,25,26,27). The van der Waals surface area contributed by atoms with Crippen molar-refractivity contribution in [1.29, 1.82) is 0 Å². The zero-order valence-electron chi connectivity index (χ0n) is 17.8. The Morgan fingerprint density at radius 2 is 1.70 bits per heavy atom. The molecule has 0 spiro atoms. The van der Waals surface area contributed by atoms with Crippen molar-refractivity contribution in [1.82, 2.24) is 14.9 Å². The van der Waals surface area contributed by atoms with E-state index in [9.17, 15) is 4.39 Å². The Morgan fingerprint density at radius 1 is 1.00 bits per heavy atom. The lowest BCUT2D eigenvalue weighted by Gasteiger charge is -2.14. The quantitative estimate of drug-likeness (QED) is 0.530. The van der Waals surface area contributed by atoms with Crippen LogP contribution in [-0.2, 0) is 0 Å². The van der Waals surface area contributed by atoms with Gasteiger partial charge in [0.15, 0.2) is 17.3 Å². The van der Waals surface area contributed by atoms with Crippen LogP contribution in [0.1, 0.15) is 17.8 Å². The van der Waals surface area contributed by atoms with Crippen LogP contribution in [-0.4, -0.2) is 56.3 Å². The molecule has 0 fully saturated rings. The molecule has 2 aromatic carbocycles. The molecule has 158 valence electrons. The van der Waals surface area contributed by atoms with Crippen molar-refractivity contribution in [2.45, 2.75) is 6.42 Å². The monoisotopic (exact) mass is 410 g/mol. The van der Waals surface area contributed by atoms with Gasteiger partial charge in [-0.05, 0) is 56.9 Å². The summed E-state index contributed by atoms with van der Waals surface area (Å²) >= 11 is 0. The molecule has 7 heteroatoms. The molecule has 0 atom stereocenters. The summed E-state index contributed by atoms with van der Waals surface area (Å²) in [6, 6.07) is 10.00. The molecule has 1 aromatic heterocycles. The fraction of sp³-hybridized carbons (Fsp3) is 0.304. The minimum absolute atomic E-state index is 0.264. The molecule has 1 heterocycles. The number of nitrogens with one attached hydrogen (secondary N) is 1. The predicted octanol–water partition coefficient (Wildman–Crippen LogP) is 4.32. The van der Waals surface area contributed by atoms with E-state index in [-0.39, 0.29) is 5.82 Å². The van der Waals surface area contributed by atoms with Gasteiger partial charge in [0, 0.05) is 18.0 Å². The highest BCUT2D eigenvalue weighted by Gasteiger charge is 2.12. The van der Waals surface area contributed by atoms with E-state index in [1.165, 1.54) is 12.1 Å². The maximum absolute atomic E-state index is 13.1. The van der Waals surface area contributed by atoms with E-state index in [0.29, 0.717) is 17.3 Å². The number of hydrogen-bond donors (Lipinski definition) is 1. The zero-order chi connectivity index (χ0) is 21.5. The lowest BCUT2D eigenvalue weighted by Crippen LogP contribution is -2.17. The maximum Gasteiger partial charge on any atom is 0.162 e. The molecule has 30 heavy (non-hydrogen) atoms. The normalized spacial score (nSPS) is 11.4. The van der Waals surface area contributed by atoms with Gasteiger partial charge < -0.3 is 19.7 Å². The third-order valence-corrected chi connectivity index (χ3v) is 4.59. The summed E-state index contributed by atoms with van der Waals surface area (Å²) in [7, 11) is 7.31. The second kappa shape index (κ2) is 10.0. The van der Waals surface area contributed by atoms with Crippen molar-refractivity contribution in [3.8, 4) is 11.5 Å². The number of ether oxygens (including phenoxy) is 2. The topological polar surface area (TPSA) is 59.5 Å². The molecule has 1 N–H and O–H groups in total. The van der Waals surface area contributed by atoms with E-state index >= 15 is 0 Å². The van der Waals surface area contributed by atoms with E-state index in [1.54, 1.807) is 26.4 Å². The molecule has 0 amide bonds. The molecule has 0 aliphatic heterocycles. The SMILES string of the molecule is COc1cc2nc(C=Cc3ccc(F)cc3)nc(NCCCN(C)C)c2cc1OC. The van der Waals surface area contributed by atoms with Crippen molar-refractivity contribution in [3.63, 3.8) is 0 Å². The van der Waals surface area contributed by atoms with Gasteiger partial charge in [0.2, 0.25) is 0 Å².